The van der Waals surface area contributed by atoms with Crippen molar-refractivity contribution in [1.29, 1.82) is 0 Å². The summed E-state index contributed by atoms with van der Waals surface area (Å²) < 4.78 is 8.80. The molecule has 2 nitrogen and oxygen atoms in total. The fourth-order valence-corrected chi connectivity index (χ4v) is 11.3. The van der Waals surface area contributed by atoms with Crippen LogP contribution in [0.5, 0.6) is 0 Å². The zero-order chi connectivity index (χ0) is 13.9. The Labute approximate surface area is 116 Å². The Kier molecular flexibility index (Phi) is 10.1. The molecule has 0 unspecified atom stereocenters. The zero-order valence-electron chi connectivity index (χ0n) is 12.1. The number of allylic oxidation sites excluding steroid dienone is 6. The summed E-state index contributed by atoms with van der Waals surface area (Å²) in [7, 11) is 0. The molecule has 0 aromatic heterocycles. The van der Waals surface area contributed by atoms with Crippen molar-refractivity contribution in [3.63, 3.8) is 0 Å². The van der Waals surface area contributed by atoms with Crippen molar-refractivity contribution in [2.75, 3.05) is 0 Å². The summed E-state index contributed by atoms with van der Waals surface area (Å²) in [5, 5.41) is 0. The van der Waals surface area contributed by atoms with Gasteiger partial charge in [-0.05, 0) is 0 Å². The molecular formula is C15H26O2Sn. The maximum atomic E-state index is 11.7. The first-order valence-corrected chi connectivity index (χ1v) is 13.9. The van der Waals surface area contributed by atoms with E-state index in [1.807, 2.05) is 27.7 Å². The van der Waals surface area contributed by atoms with Crippen molar-refractivity contribution in [3.05, 3.63) is 36.5 Å². The van der Waals surface area contributed by atoms with Crippen LogP contribution in [0.1, 0.15) is 34.1 Å². The number of carbonyl (C=O) groups is 1. The molecule has 18 heavy (non-hydrogen) atoms. The average Bonchev–Trinajstić information content (AvgIpc) is 2.40. The predicted molar refractivity (Wildman–Crippen MR) is 81.0 cm³/mol. The SMILES string of the molecule is CC=C[CH2][Sn]([CH2]C=CC)([CH2]C=CC)[O]C(=O)CC. The van der Waals surface area contributed by atoms with Crippen LogP contribution in [0.15, 0.2) is 36.5 Å². The van der Waals surface area contributed by atoms with E-state index in [4.69, 9.17) is 3.07 Å². The van der Waals surface area contributed by atoms with Crippen LogP contribution in [-0.2, 0) is 7.87 Å². The van der Waals surface area contributed by atoms with Crippen molar-refractivity contribution < 1.29 is 7.87 Å². The third-order valence-corrected chi connectivity index (χ3v) is 13.1. The van der Waals surface area contributed by atoms with Crippen LogP contribution in [-0.4, -0.2) is 24.8 Å². The molecule has 0 N–H and O–H groups in total. The Bertz CT molecular complexity index is 280. The molecule has 0 heterocycles. The summed E-state index contributed by atoms with van der Waals surface area (Å²) in [6.07, 6.45) is 13.1. The first kappa shape index (κ1) is 17.5. The molecule has 0 amide bonds. The van der Waals surface area contributed by atoms with Crippen LogP contribution in [0.2, 0.25) is 13.3 Å². The standard InChI is InChI=1S/3C4H7.C3H6O2.Sn/c3*1-3-4-2;1-2-3(4)5;/h3*3-4H,1H2,2H3;2H2,1H3,(H,4,5);/q;;;;+1/p-1. The van der Waals surface area contributed by atoms with Crippen LogP contribution in [0, 0.1) is 0 Å². The van der Waals surface area contributed by atoms with E-state index in [1.165, 1.54) is 0 Å². The van der Waals surface area contributed by atoms with Gasteiger partial charge in [0, 0.05) is 0 Å². The van der Waals surface area contributed by atoms with Gasteiger partial charge in [0.2, 0.25) is 0 Å². The Morgan fingerprint density at radius 3 is 1.61 bits per heavy atom. The van der Waals surface area contributed by atoms with Gasteiger partial charge in [-0.1, -0.05) is 0 Å². The van der Waals surface area contributed by atoms with E-state index in [2.05, 4.69) is 36.5 Å². The minimum absolute atomic E-state index is 0.0377. The van der Waals surface area contributed by atoms with E-state index < -0.39 is 18.8 Å². The summed E-state index contributed by atoms with van der Waals surface area (Å²) in [6, 6.07) is 0. The Hall–Kier alpha value is -0.511. The third-order valence-electron chi connectivity index (χ3n) is 2.80. The number of rotatable bonds is 8. The van der Waals surface area contributed by atoms with Gasteiger partial charge in [0.05, 0.1) is 0 Å². The second-order valence-electron chi connectivity index (χ2n) is 4.33. The van der Waals surface area contributed by atoms with Crippen LogP contribution in [0.3, 0.4) is 0 Å². The normalized spacial score (nSPS) is 15.6. The molecule has 0 atom stereocenters. The quantitative estimate of drug-likeness (QED) is 0.468. The Balaban J connectivity index is 5.01. The summed E-state index contributed by atoms with van der Waals surface area (Å²) in [5.74, 6) is -0.0377. The second-order valence-corrected chi connectivity index (χ2v) is 15.2. The molecule has 0 radical (unpaired) electrons. The summed E-state index contributed by atoms with van der Waals surface area (Å²) in [6.45, 7) is 7.91. The minimum atomic E-state index is -2.88. The average molecular weight is 357 g/mol. The summed E-state index contributed by atoms with van der Waals surface area (Å²) in [5.41, 5.74) is 0. The molecule has 0 rings (SSSR count). The van der Waals surface area contributed by atoms with E-state index in [0.717, 1.165) is 13.3 Å². The summed E-state index contributed by atoms with van der Waals surface area (Å²) >= 11 is -2.88. The van der Waals surface area contributed by atoms with Gasteiger partial charge in [0.15, 0.2) is 0 Å². The molecule has 0 bridgehead atoms. The number of hydrogen-bond donors (Lipinski definition) is 0. The molecule has 0 fully saturated rings. The fourth-order valence-electron chi connectivity index (χ4n) is 1.69. The van der Waals surface area contributed by atoms with Crippen molar-refractivity contribution in [1.82, 2.24) is 0 Å². The fraction of sp³-hybridized carbons (Fsp3) is 0.533. The monoisotopic (exact) mass is 358 g/mol. The number of hydrogen-bond acceptors (Lipinski definition) is 2. The van der Waals surface area contributed by atoms with Crippen LogP contribution in [0.4, 0.5) is 0 Å². The van der Waals surface area contributed by atoms with E-state index in [9.17, 15) is 4.79 Å². The predicted octanol–water partition coefficient (Wildman–Crippen LogP) is 4.61. The van der Waals surface area contributed by atoms with Gasteiger partial charge in [-0.25, -0.2) is 0 Å². The van der Waals surface area contributed by atoms with Gasteiger partial charge in [-0.15, -0.1) is 0 Å². The van der Waals surface area contributed by atoms with Crippen molar-refractivity contribution >= 4 is 24.8 Å². The summed E-state index contributed by atoms with van der Waals surface area (Å²) in [4.78, 5) is 11.7. The molecule has 102 valence electrons. The van der Waals surface area contributed by atoms with Gasteiger partial charge < -0.3 is 0 Å². The van der Waals surface area contributed by atoms with Crippen LogP contribution in [0.25, 0.3) is 0 Å². The molecule has 0 aliphatic carbocycles. The molecule has 0 saturated carbocycles. The zero-order valence-corrected chi connectivity index (χ0v) is 15.0. The van der Waals surface area contributed by atoms with E-state index in [1.54, 1.807) is 0 Å². The first-order chi connectivity index (χ1) is 8.64. The van der Waals surface area contributed by atoms with Gasteiger partial charge in [0.25, 0.3) is 0 Å². The molecule has 0 aromatic rings. The van der Waals surface area contributed by atoms with Gasteiger partial charge in [-0.2, -0.15) is 0 Å². The van der Waals surface area contributed by atoms with Crippen LogP contribution >= 0.6 is 0 Å². The van der Waals surface area contributed by atoms with E-state index in [-0.39, 0.29) is 5.97 Å². The van der Waals surface area contributed by atoms with Crippen molar-refractivity contribution in [2.24, 2.45) is 0 Å². The second kappa shape index (κ2) is 10.4. The van der Waals surface area contributed by atoms with Gasteiger partial charge >= 0.3 is 117 Å². The molecule has 0 saturated heterocycles. The Morgan fingerprint density at radius 2 is 1.33 bits per heavy atom. The van der Waals surface area contributed by atoms with Crippen molar-refractivity contribution in [2.45, 2.75) is 47.4 Å². The van der Waals surface area contributed by atoms with Gasteiger partial charge in [-0.3, -0.25) is 0 Å². The third kappa shape index (κ3) is 7.04. The van der Waals surface area contributed by atoms with E-state index >= 15 is 0 Å². The van der Waals surface area contributed by atoms with Gasteiger partial charge in [0.1, 0.15) is 0 Å². The Morgan fingerprint density at radius 1 is 0.944 bits per heavy atom. The van der Waals surface area contributed by atoms with Crippen LogP contribution < -0.4 is 0 Å². The maximum absolute atomic E-state index is 11.7. The molecular weight excluding hydrogens is 331 g/mol. The molecule has 0 spiro atoms. The molecule has 0 aromatic carbocycles. The topological polar surface area (TPSA) is 26.3 Å². The number of carbonyl (C=O) groups excluding carboxylic acids is 1. The molecule has 3 heteroatoms. The molecule has 0 aliphatic rings. The van der Waals surface area contributed by atoms with E-state index in [0.29, 0.717) is 6.42 Å². The van der Waals surface area contributed by atoms with Crippen molar-refractivity contribution in [3.8, 4) is 0 Å². The first-order valence-electron chi connectivity index (χ1n) is 6.69. The molecule has 0 aliphatic heterocycles.